The van der Waals surface area contributed by atoms with Crippen molar-refractivity contribution in [2.45, 2.75) is 117 Å². The Labute approximate surface area is 304 Å². The average molecular weight is 723 g/mol. The zero-order valence-corrected chi connectivity index (χ0v) is 31.9. The zero-order chi connectivity index (χ0) is 36.3. The number of hydrogen-bond acceptors (Lipinski definition) is 12. The van der Waals surface area contributed by atoms with Crippen LogP contribution in [0, 0.1) is 0 Å². The third kappa shape index (κ3) is 42.8. The van der Waals surface area contributed by atoms with Crippen molar-refractivity contribution in [3.8, 4) is 0 Å². The van der Waals surface area contributed by atoms with Crippen molar-refractivity contribution in [2.75, 3.05) is 119 Å². The van der Waals surface area contributed by atoms with Crippen molar-refractivity contribution in [1.29, 1.82) is 0 Å². The first-order valence-corrected chi connectivity index (χ1v) is 19.6. The molecule has 0 aliphatic carbocycles. The van der Waals surface area contributed by atoms with Crippen LogP contribution in [0.1, 0.15) is 117 Å². The Morgan fingerprint density at radius 2 is 0.520 bits per heavy atom. The Bertz CT molecular complexity index is 682. The maximum Gasteiger partial charge on any atom is 0.305 e. The summed E-state index contributed by atoms with van der Waals surface area (Å²) in [6.07, 6.45) is 18.5. The molecule has 0 aliphatic heterocycles. The lowest BCUT2D eigenvalue weighted by Gasteiger charge is -2.09. The van der Waals surface area contributed by atoms with E-state index in [4.69, 9.17) is 47.4 Å². The second-order valence-corrected chi connectivity index (χ2v) is 12.1. The lowest BCUT2D eigenvalue weighted by atomic mass is 10.0. The molecule has 12 nitrogen and oxygen atoms in total. The molecule has 0 saturated carbocycles. The largest absolute Gasteiger partial charge is 0.463 e. The van der Waals surface area contributed by atoms with E-state index in [1.165, 1.54) is 70.6 Å². The van der Waals surface area contributed by atoms with E-state index in [-0.39, 0.29) is 25.2 Å². The maximum atomic E-state index is 11.9. The predicted octanol–water partition coefficient (Wildman–Crippen LogP) is 6.49. The molecule has 0 saturated heterocycles. The highest BCUT2D eigenvalue weighted by Gasteiger charge is 2.03. The number of ether oxygens (including phenoxy) is 10. The molecule has 0 bridgehead atoms. The first-order valence-electron chi connectivity index (χ1n) is 19.6. The smallest absolute Gasteiger partial charge is 0.305 e. The molecule has 0 spiro atoms. The van der Waals surface area contributed by atoms with Crippen molar-refractivity contribution in [3.63, 3.8) is 0 Å². The van der Waals surface area contributed by atoms with Crippen molar-refractivity contribution in [2.24, 2.45) is 0 Å². The van der Waals surface area contributed by atoms with Gasteiger partial charge in [-0.2, -0.15) is 0 Å². The van der Waals surface area contributed by atoms with Crippen LogP contribution >= 0.6 is 0 Å². The fraction of sp³-hybridized carbons (Fsp3) is 0.947. The van der Waals surface area contributed by atoms with Crippen LogP contribution in [-0.2, 0) is 57.0 Å². The Morgan fingerprint density at radius 1 is 0.280 bits per heavy atom. The van der Waals surface area contributed by atoms with Gasteiger partial charge in [0, 0.05) is 12.8 Å². The lowest BCUT2D eigenvalue weighted by Crippen LogP contribution is -2.15. The summed E-state index contributed by atoms with van der Waals surface area (Å²) in [5.74, 6) is -0.322. The number of esters is 2. The fourth-order valence-electron chi connectivity index (χ4n) is 4.71. The molecule has 0 N–H and O–H groups in total. The van der Waals surface area contributed by atoms with Crippen LogP contribution in [0.15, 0.2) is 0 Å². The third-order valence-electron chi connectivity index (χ3n) is 7.52. The minimum absolute atomic E-state index is 0.134. The monoisotopic (exact) mass is 723 g/mol. The van der Waals surface area contributed by atoms with Crippen molar-refractivity contribution < 1.29 is 57.0 Å². The molecule has 0 heterocycles. The molecule has 0 aliphatic rings. The van der Waals surface area contributed by atoms with E-state index >= 15 is 0 Å². The van der Waals surface area contributed by atoms with E-state index in [1.807, 2.05) is 6.92 Å². The minimum Gasteiger partial charge on any atom is -0.463 e. The number of rotatable bonds is 43. The summed E-state index contributed by atoms with van der Waals surface area (Å²) in [4.78, 5) is 23.1. The van der Waals surface area contributed by atoms with Gasteiger partial charge in [-0.05, 0) is 12.8 Å². The van der Waals surface area contributed by atoms with Gasteiger partial charge in [-0.3, -0.25) is 9.59 Å². The van der Waals surface area contributed by atoms with Gasteiger partial charge in [0.25, 0.3) is 0 Å². The van der Waals surface area contributed by atoms with Crippen LogP contribution in [0.4, 0.5) is 0 Å². The van der Waals surface area contributed by atoms with Gasteiger partial charge in [0.2, 0.25) is 0 Å². The Morgan fingerprint density at radius 3 is 0.800 bits per heavy atom. The standard InChI is InChI=1S/C38H74O12/c1-3-5-6-7-8-9-10-11-12-13-14-15-16-18-38(40)50-36-34-48-32-30-46-28-26-44-24-22-42-20-19-41-21-23-43-25-27-45-29-31-47-33-35-49-37(39)17-4-2/h3-36H2,1-2H3. The van der Waals surface area contributed by atoms with Crippen molar-refractivity contribution >= 4 is 11.9 Å². The molecule has 0 aromatic carbocycles. The molecule has 0 aromatic heterocycles. The molecule has 50 heavy (non-hydrogen) atoms. The van der Waals surface area contributed by atoms with E-state index in [0.29, 0.717) is 119 Å². The van der Waals surface area contributed by atoms with Gasteiger partial charge >= 0.3 is 11.9 Å². The van der Waals surface area contributed by atoms with E-state index in [0.717, 1.165) is 19.3 Å². The molecule has 298 valence electrons. The fourth-order valence-corrected chi connectivity index (χ4v) is 4.71. The van der Waals surface area contributed by atoms with Gasteiger partial charge < -0.3 is 47.4 Å². The van der Waals surface area contributed by atoms with Gasteiger partial charge in [-0.1, -0.05) is 90.9 Å². The summed E-state index contributed by atoms with van der Waals surface area (Å²) in [6, 6.07) is 0. The van der Waals surface area contributed by atoms with Crippen LogP contribution in [-0.4, -0.2) is 131 Å². The SMILES string of the molecule is CCCCCCCCCCCCCCCC(=O)OCCOCCOCCOCCOCCOCCOCCOCCOCCOC(=O)CCC. The number of unbranched alkanes of at least 4 members (excludes halogenated alkanes) is 12. The number of hydrogen-bond donors (Lipinski definition) is 0. The molecule has 0 fully saturated rings. The number of carbonyl (C=O) groups excluding carboxylic acids is 2. The van der Waals surface area contributed by atoms with Crippen molar-refractivity contribution in [1.82, 2.24) is 0 Å². The van der Waals surface area contributed by atoms with Crippen LogP contribution in [0.5, 0.6) is 0 Å². The highest BCUT2D eigenvalue weighted by Crippen LogP contribution is 2.13. The molecule has 12 heteroatoms. The lowest BCUT2D eigenvalue weighted by molar-refractivity contribution is -0.146. The van der Waals surface area contributed by atoms with Crippen LogP contribution in [0.2, 0.25) is 0 Å². The number of carbonyl (C=O) groups is 2. The van der Waals surface area contributed by atoms with Gasteiger partial charge in [0.05, 0.1) is 106 Å². The third-order valence-corrected chi connectivity index (χ3v) is 7.52. The quantitative estimate of drug-likeness (QED) is 0.0505. The molecule has 0 amide bonds. The van der Waals surface area contributed by atoms with Gasteiger partial charge in [-0.15, -0.1) is 0 Å². The predicted molar refractivity (Wildman–Crippen MR) is 194 cm³/mol. The van der Waals surface area contributed by atoms with E-state index in [1.54, 1.807) is 0 Å². The summed E-state index contributed by atoms with van der Waals surface area (Å²) in [6.45, 7) is 12.2. The van der Waals surface area contributed by atoms with Gasteiger partial charge in [0.15, 0.2) is 0 Å². The second-order valence-electron chi connectivity index (χ2n) is 12.1. The van der Waals surface area contributed by atoms with Gasteiger partial charge in [0.1, 0.15) is 13.2 Å². The van der Waals surface area contributed by atoms with Crippen LogP contribution in [0.3, 0.4) is 0 Å². The summed E-state index contributed by atoms with van der Waals surface area (Å²) in [7, 11) is 0. The average Bonchev–Trinajstić information content (AvgIpc) is 3.11. The van der Waals surface area contributed by atoms with E-state index in [9.17, 15) is 9.59 Å². The summed E-state index contributed by atoms with van der Waals surface area (Å²) in [5.41, 5.74) is 0. The molecule has 0 atom stereocenters. The molecule has 0 aromatic rings. The molecule has 0 radical (unpaired) electrons. The van der Waals surface area contributed by atoms with E-state index < -0.39 is 0 Å². The molecule has 0 rings (SSSR count). The van der Waals surface area contributed by atoms with Crippen LogP contribution < -0.4 is 0 Å². The van der Waals surface area contributed by atoms with E-state index in [2.05, 4.69) is 6.92 Å². The zero-order valence-electron chi connectivity index (χ0n) is 31.9. The molecular formula is C38H74O12. The minimum atomic E-state index is -0.188. The Hall–Kier alpha value is -1.38. The highest BCUT2D eigenvalue weighted by atomic mass is 16.6. The Kier molecular flexibility index (Phi) is 42.6. The normalized spacial score (nSPS) is 11.3. The molecule has 0 unspecified atom stereocenters. The summed E-state index contributed by atoms with van der Waals surface area (Å²) >= 11 is 0. The topological polar surface area (TPSA) is 126 Å². The summed E-state index contributed by atoms with van der Waals surface area (Å²) < 4.78 is 53.8. The first kappa shape index (κ1) is 48.6. The first-order chi connectivity index (χ1) is 24.7. The summed E-state index contributed by atoms with van der Waals surface area (Å²) in [5, 5.41) is 0. The van der Waals surface area contributed by atoms with Crippen molar-refractivity contribution in [3.05, 3.63) is 0 Å². The van der Waals surface area contributed by atoms with Gasteiger partial charge in [-0.25, -0.2) is 0 Å². The molecular weight excluding hydrogens is 648 g/mol. The Balaban J connectivity index is 3.14. The van der Waals surface area contributed by atoms with Crippen LogP contribution in [0.25, 0.3) is 0 Å². The maximum absolute atomic E-state index is 11.9. The second kappa shape index (κ2) is 43.8. The highest BCUT2D eigenvalue weighted by molar-refractivity contribution is 5.69.